The molecule has 0 aliphatic heterocycles. The lowest BCUT2D eigenvalue weighted by atomic mass is 10.4. The third kappa shape index (κ3) is 1.93. The summed E-state index contributed by atoms with van der Waals surface area (Å²) in [5, 5.41) is 0. The molecule has 0 nitrogen and oxygen atoms in total. The van der Waals surface area contributed by atoms with Crippen molar-refractivity contribution in [2.45, 2.75) is 37.0 Å². The second kappa shape index (κ2) is 3.54. The summed E-state index contributed by atoms with van der Waals surface area (Å²) in [6.07, 6.45) is 15.0. The summed E-state index contributed by atoms with van der Waals surface area (Å²) in [6, 6.07) is 0. The van der Waals surface area contributed by atoms with E-state index in [0.717, 1.165) is 11.3 Å². The highest BCUT2D eigenvalue weighted by molar-refractivity contribution is 7.40. The lowest BCUT2D eigenvalue weighted by Gasteiger charge is -2.11. The molecule has 0 N–H and O–H groups in total. The molecule has 1 unspecified atom stereocenters. The van der Waals surface area contributed by atoms with Crippen LogP contribution in [-0.2, 0) is 0 Å². The zero-order valence-corrected chi connectivity index (χ0v) is 7.79. The molecule has 1 atom stereocenters. The fraction of sp³-hybridized carbons (Fsp3) is 0.600. The molecule has 0 heterocycles. The van der Waals surface area contributed by atoms with Crippen LogP contribution in [0.4, 0.5) is 0 Å². The molecular formula is C10H15P. The van der Waals surface area contributed by atoms with Gasteiger partial charge in [-0.15, -0.1) is 8.58 Å². The normalized spacial score (nSPS) is 26.5. The average Bonchev–Trinajstić information content (AvgIpc) is 2.60. The van der Waals surface area contributed by atoms with Crippen LogP contribution >= 0.6 is 8.58 Å². The molecule has 0 aromatic rings. The Morgan fingerprint density at radius 3 is 2.27 bits per heavy atom. The van der Waals surface area contributed by atoms with Gasteiger partial charge in [-0.1, -0.05) is 37.1 Å². The molecule has 1 heteroatoms. The third-order valence-electron chi connectivity index (χ3n) is 2.53. The van der Waals surface area contributed by atoms with E-state index in [-0.39, 0.29) is 0 Å². The van der Waals surface area contributed by atoms with Crippen molar-refractivity contribution in [2.24, 2.45) is 0 Å². The fourth-order valence-corrected chi connectivity index (χ4v) is 3.64. The van der Waals surface area contributed by atoms with Gasteiger partial charge in [0.1, 0.15) is 0 Å². The summed E-state index contributed by atoms with van der Waals surface area (Å²) in [4.78, 5) is 0. The molecule has 2 aliphatic carbocycles. The van der Waals surface area contributed by atoms with Gasteiger partial charge in [0.25, 0.3) is 0 Å². The predicted molar refractivity (Wildman–Crippen MR) is 52.6 cm³/mol. The minimum absolute atomic E-state index is 0.804. The smallest absolute Gasteiger partial charge is 0.0130 e. The molecule has 0 saturated heterocycles. The van der Waals surface area contributed by atoms with Crippen LogP contribution in [0.1, 0.15) is 25.7 Å². The summed E-state index contributed by atoms with van der Waals surface area (Å²) in [5.74, 6) is 0. The topological polar surface area (TPSA) is 0 Å². The van der Waals surface area contributed by atoms with Crippen LogP contribution in [0.15, 0.2) is 24.3 Å². The SMILES string of the molecule is C1=CC(PC2CCCC2)C=C1. The molecule has 0 aromatic carbocycles. The maximum Gasteiger partial charge on any atom is 0.0130 e. The Labute approximate surface area is 70.5 Å². The fourth-order valence-electron chi connectivity index (χ4n) is 1.91. The number of hydrogen-bond donors (Lipinski definition) is 0. The largest absolute Gasteiger partial charge is 0.108 e. The Balaban J connectivity index is 1.80. The van der Waals surface area contributed by atoms with Crippen LogP contribution in [0.5, 0.6) is 0 Å². The molecule has 0 radical (unpaired) electrons. The van der Waals surface area contributed by atoms with Gasteiger partial charge in [0.05, 0.1) is 0 Å². The Hall–Kier alpha value is -0.0900. The minimum atomic E-state index is 0.804. The number of hydrogen-bond acceptors (Lipinski definition) is 0. The summed E-state index contributed by atoms with van der Waals surface area (Å²) in [6.45, 7) is 0. The third-order valence-corrected chi connectivity index (χ3v) is 4.35. The lowest BCUT2D eigenvalue weighted by molar-refractivity contribution is 0.886. The molecule has 0 bridgehead atoms. The van der Waals surface area contributed by atoms with Crippen molar-refractivity contribution in [1.82, 2.24) is 0 Å². The zero-order chi connectivity index (χ0) is 7.52. The van der Waals surface area contributed by atoms with Crippen LogP contribution in [0, 0.1) is 0 Å². The Bertz CT molecular complexity index is 163. The van der Waals surface area contributed by atoms with Crippen molar-refractivity contribution in [2.75, 3.05) is 0 Å². The first kappa shape index (κ1) is 7.55. The van der Waals surface area contributed by atoms with Crippen molar-refractivity contribution in [3.63, 3.8) is 0 Å². The molecule has 11 heavy (non-hydrogen) atoms. The zero-order valence-electron chi connectivity index (χ0n) is 6.79. The van der Waals surface area contributed by atoms with Gasteiger partial charge >= 0.3 is 0 Å². The van der Waals surface area contributed by atoms with Crippen molar-refractivity contribution >= 4 is 8.58 Å². The van der Waals surface area contributed by atoms with Crippen LogP contribution in [0.25, 0.3) is 0 Å². The van der Waals surface area contributed by atoms with Crippen LogP contribution in [-0.4, -0.2) is 11.3 Å². The lowest BCUT2D eigenvalue weighted by Crippen LogP contribution is -1.98. The first-order chi connectivity index (χ1) is 5.45. The standard InChI is InChI=1S/C10H15P/c1-2-6-9(5-1)11-10-7-3-4-8-10/h1-2,5-6,9-11H,3-4,7-8H2. The molecular weight excluding hydrogens is 151 g/mol. The van der Waals surface area contributed by atoms with Crippen LogP contribution in [0.3, 0.4) is 0 Å². The quantitative estimate of drug-likeness (QED) is 0.553. The summed E-state index contributed by atoms with van der Waals surface area (Å²) in [5.41, 5.74) is 1.87. The van der Waals surface area contributed by atoms with E-state index in [4.69, 9.17) is 0 Å². The number of rotatable bonds is 2. The van der Waals surface area contributed by atoms with Crippen molar-refractivity contribution in [3.05, 3.63) is 24.3 Å². The first-order valence-corrected chi connectivity index (χ1v) is 5.72. The van der Waals surface area contributed by atoms with Gasteiger partial charge in [-0.2, -0.15) is 0 Å². The Morgan fingerprint density at radius 1 is 1.00 bits per heavy atom. The van der Waals surface area contributed by atoms with E-state index in [1.807, 2.05) is 0 Å². The molecule has 0 spiro atoms. The molecule has 2 rings (SSSR count). The minimum Gasteiger partial charge on any atom is -0.108 e. The second-order valence-electron chi connectivity index (χ2n) is 3.44. The summed E-state index contributed by atoms with van der Waals surface area (Å²) < 4.78 is 0. The maximum atomic E-state index is 2.34. The van der Waals surface area contributed by atoms with Gasteiger partial charge in [0.2, 0.25) is 0 Å². The molecule has 0 amide bonds. The van der Waals surface area contributed by atoms with E-state index >= 15 is 0 Å². The highest BCUT2D eigenvalue weighted by atomic mass is 31.1. The molecule has 1 fully saturated rings. The second-order valence-corrected chi connectivity index (χ2v) is 5.26. The monoisotopic (exact) mass is 166 g/mol. The Morgan fingerprint density at radius 2 is 1.64 bits per heavy atom. The van der Waals surface area contributed by atoms with E-state index in [1.165, 1.54) is 34.3 Å². The van der Waals surface area contributed by atoms with Crippen molar-refractivity contribution < 1.29 is 0 Å². The van der Waals surface area contributed by atoms with Gasteiger partial charge in [-0.05, 0) is 18.5 Å². The molecule has 0 aromatic heterocycles. The molecule has 2 aliphatic rings. The summed E-state index contributed by atoms with van der Waals surface area (Å²) in [7, 11) is 1.17. The first-order valence-electron chi connectivity index (χ1n) is 4.56. The number of allylic oxidation sites excluding steroid dienone is 4. The van der Waals surface area contributed by atoms with E-state index in [0.29, 0.717) is 0 Å². The highest BCUT2D eigenvalue weighted by Crippen LogP contribution is 2.39. The summed E-state index contributed by atoms with van der Waals surface area (Å²) >= 11 is 0. The van der Waals surface area contributed by atoms with E-state index in [9.17, 15) is 0 Å². The Kier molecular flexibility index (Phi) is 2.43. The van der Waals surface area contributed by atoms with Gasteiger partial charge < -0.3 is 0 Å². The molecule has 1 saturated carbocycles. The van der Waals surface area contributed by atoms with E-state index in [1.54, 1.807) is 0 Å². The highest BCUT2D eigenvalue weighted by Gasteiger charge is 2.17. The predicted octanol–water partition coefficient (Wildman–Crippen LogP) is 3.10. The van der Waals surface area contributed by atoms with Gasteiger partial charge in [-0.3, -0.25) is 0 Å². The van der Waals surface area contributed by atoms with Gasteiger partial charge in [0, 0.05) is 5.66 Å². The van der Waals surface area contributed by atoms with Gasteiger partial charge in [0.15, 0.2) is 0 Å². The van der Waals surface area contributed by atoms with Crippen LogP contribution < -0.4 is 0 Å². The van der Waals surface area contributed by atoms with Crippen molar-refractivity contribution in [1.29, 1.82) is 0 Å². The van der Waals surface area contributed by atoms with Crippen LogP contribution in [0.2, 0.25) is 0 Å². The van der Waals surface area contributed by atoms with E-state index in [2.05, 4.69) is 24.3 Å². The van der Waals surface area contributed by atoms with E-state index < -0.39 is 0 Å². The van der Waals surface area contributed by atoms with Crippen molar-refractivity contribution in [3.8, 4) is 0 Å². The maximum absolute atomic E-state index is 2.34. The molecule has 60 valence electrons. The average molecular weight is 166 g/mol. The van der Waals surface area contributed by atoms with Gasteiger partial charge in [-0.25, -0.2) is 0 Å².